The summed E-state index contributed by atoms with van der Waals surface area (Å²) in [4.78, 5) is 11.5. The normalized spacial score (nSPS) is 18.1. The van der Waals surface area contributed by atoms with Crippen molar-refractivity contribution in [2.45, 2.75) is 52.9 Å². The van der Waals surface area contributed by atoms with E-state index in [0.29, 0.717) is 11.7 Å². The predicted octanol–water partition coefficient (Wildman–Crippen LogP) is 4.41. The molecule has 2 aromatic rings. The van der Waals surface area contributed by atoms with Crippen LogP contribution >= 0.6 is 0 Å². The molecule has 0 bridgehead atoms. The van der Waals surface area contributed by atoms with E-state index in [-0.39, 0.29) is 5.97 Å². The predicted molar refractivity (Wildman–Crippen MR) is 78.4 cm³/mol. The Hall–Kier alpha value is -1.77. The molecule has 3 nitrogen and oxygen atoms in total. The summed E-state index contributed by atoms with van der Waals surface area (Å²) in [7, 11) is 0. The first kappa shape index (κ1) is 13.2. The molecule has 1 aliphatic carbocycles. The SMILES string of the molecule is CC(=O)Oc1c2c(c(C)c3c(C)coc13)[C@@H](C)CCC2. The van der Waals surface area contributed by atoms with Gasteiger partial charge in [0.25, 0.3) is 0 Å². The topological polar surface area (TPSA) is 39.4 Å². The van der Waals surface area contributed by atoms with Gasteiger partial charge < -0.3 is 9.15 Å². The lowest BCUT2D eigenvalue weighted by molar-refractivity contribution is -0.131. The van der Waals surface area contributed by atoms with Crippen LogP contribution in [0.5, 0.6) is 5.75 Å². The van der Waals surface area contributed by atoms with Crippen molar-refractivity contribution in [1.82, 2.24) is 0 Å². The maximum atomic E-state index is 11.5. The van der Waals surface area contributed by atoms with E-state index in [1.165, 1.54) is 30.0 Å². The summed E-state index contributed by atoms with van der Waals surface area (Å²) in [5, 5.41) is 1.11. The first-order valence-electron chi connectivity index (χ1n) is 7.22. The zero-order chi connectivity index (χ0) is 14.4. The highest BCUT2D eigenvalue weighted by Crippen LogP contribution is 2.45. The van der Waals surface area contributed by atoms with Crippen LogP contribution in [0.2, 0.25) is 0 Å². The number of rotatable bonds is 1. The van der Waals surface area contributed by atoms with Gasteiger partial charge in [-0.2, -0.15) is 0 Å². The van der Waals surface area contributed by atoms with E-state index in [0.717, 1.165) is 29.4 Å². The van der Waals surface area contributed by atoms with Crippen molar-refractivity contribution in [2.24, 2.45) is 0 Å². The van der Waals surface area contributed by atoms with Crippen molar-refractivity contribution in [3.8, 4) is 5.75 Å². The zero-order valence-corrected chi connectivity index (χ0v) is 12.5. The van der Waals surface area contributed by atoms with Crippen LogP contribution in [-0.2, 0) is 11.2 Å². The van der Waals surface area contributed by atoms with Gasteiger partial charge in [-0.3, -0.25) is 4.79 Å². The lowest BCUT2D eigenvalue weighted by Gasteiger charge is -2.26. The molecule has 1 aromatic carbocycles. The summed E-state index contributed by atoms with van der Waals surface area (Å²) in [6.07, 6.45) is 5.03. The van der Waals surface area contributed by atoms with Crippen LogP contribution in [0.4, 0.5) is 0 Å². The summed E-state index contributed by atoms with van der Waals surface area (Å²) in [6.45, 7) is 7.89. The third-order valence-electron chi connectivity index (χ3n) is 4.36. The van der Waals surface area contributed by atoms with Crippen LogP contribution in [0, 0.1) is 13.8 Å². The lowest BCUT2D eigenvalue weighted by Crippen LogP contribution is -2.13. The summed E-state index contributed by atoms with van der Waals surface area (Å²) < 4.78 is 11.2. The van der Waals surface area contributed by atoms with Crippen molar-refractivity contribution in [1.29, 1.82) is 0 Å². The summed E-state index contributed by atoms with van der Waals surface area (Å²) in [5.41, 5.74) is 5.63. The van der Waals surface area contributed by atoms with Crippen molar-refractivity contribution in [2.75, 3.05) is 0 Å². The molecule has 0 unspecified atom stereocenters. The van der Waals surface area contributed by atoms with Gasteiger partial charge in [0.1, 0.15) is 0 Å². The Labute approximate surface area is 118 Å². The molecule has 1 heterocycles. The van der Waals surface area contributed by atoms with Crippen molar-refractivity contribution >= 4 is 16.9 Å². The Morgan fingerprint density at radius 1 is 1.40 bits per heavy atom. The molecule has 3 rings (SSSR count). The van der Waals surface area contributed by atoms with Crippen molar-refractivity contribution in [3.05, 3.63) is 28.5 Å². The zero-order valence-electron chi connectivity index (χ0n) is 12.5. The number of carbonyl (C=O) groups is 1. The molecular weight excluding hydrogens is 252 g/mol. The van der Waals surface area contributed by atoms with E-state index >= 15 is 0 Å². The molecule has 0 fully saturated rings. The second-order valence-corrected chi connectivity index (χ2v) is 5.86. The van der Waals surface area contributed by atoms with E-state index in [1.807, 2.05) is 6.92 Å². The van der Waals surface area contributed by atoms with Gasteiger partial charge in [-0.25, -0.2) is 0 Å². The number of furan rings is 1. The number of hydrogen-bond acceptors (Lipinski definition) is 3. The average Bonchev–Trinajstić information content (AvgIpc) is 2.76. The standard InChI is InChI=1S/C17H20O3/c1-9-6-5-7-13-14(9)11(3)15-10(2)8-19-17(15)16(13)20-12(4)18/h8-9H,5-7H2,1-4H3/t9-/m0/s1. The highest BCUT2D eigenvalue weighted by atomic mass is 16.5. The molecule has 1 aromatic heterocycles. The molecule has 0 amide bonds. The van der Waals surface area contributed by atoms with Crippen LogP contribution in [-0.4, -0.2) is 5.97 Å². The minimum Gasteiger partial charge on any atom is -0.460 e. The molecule has 1 aliphatic rings. The fraction of sp³-hybridized carbons (Fsp3) is 0.471. The maximum absolute atomic E-state index is 11.5. The third kappa shape index (κ3) is 1.84. The molecule has 0 saturated heterocycles. The molecule has 0 spiro atoms. The van der Waals surface area contributed by atoms with E-state index in [9.17, 15) is 4.79 Å². The summed E-state index contributed by atoms with van der Waals surface area (Å²) in [6, 6.07) is 0. The Bertz CT molecular complexity index is 694. The Morgan fingerprint density at radius 3 is 2.85 bits per heavy atom. The van der Waals surface area contributed by atoms with Crippen LogP contribution < -0.4 is 4.74 Å². The summed E-state index contributed by atoms with van der Waals surface area (Å²) in [5.74, 6) is 0.865. The van der Waals surface area contributed by atoms with Crippen LogP contribution in [0.25, 0.3) is 11.0 Å². The van der Waals surface area contributed by atoms with Gasteiger partial charge in [0.2, 0.25) is 0 Å². The van der Waals surface area contributed by atoms with Crippen LogP contribution in [0.1, 0.15) is 54.9 Å². The first-order valence-corrected chi connectivity index (χ1v) is 7.22. The summed E-state index contributed by atoms with van der Waals surface area (Å²) >= 11 is 0. The van der Waals surface area contributed by atoms with E-state index < -0.39 is 0 Å². The average molecular weight is 272 g/mol. The molecule has 0 aliphatic heterocycles. The van der Waals surface area contributed by atoms with Crippen LogP contribution in [0.15, 0.2) is 10.7 Å². The largest absolute Gasteiger partial charge is 0.460 e. The molecule has 0 N–H and O–H groups in total. The minimum atomic E-state index is -0.287. The van der Waals surface area contributed by atoms with Gasteiger partial charge in [0.05, 0.1) is 6.26 Å². The Morgan fingerprint density at radius 2 is 2.15 bits per heavy atom. The molecule has 1 atom stereocenters. The Kier molecular flexibility index (Phi) is 3.08. The molecule has 0 radical (unpaired) electrons. The Balaban J connectivity index is 2.39. The number of carbonyl (C=O) groups excluding carboxylic acids is 1. The second kappa shape index (κ2) is 4.65. The van der Waals surface area contributed by atoms with Gasteiger partial charge in [-0.15, -0.1) is 0 Å². The number of fused-ring (bicyclic) bond motifs is 2. The number of benzene rings is 1. The van der Waals surface area contributed by atoms with Crippen molar-refractivity contribution in [3.63, 3.8) is 0 Å². The van der Waals surface area contributed by atoms with Crippen molar-refractivity contribution < 1.29 is 13.9 Å². The molecule has 0 saturated carbocycles. The fourth-order valence-corrected chi connectivity index (χ4v) is 3.59. The highest BCUT2D eigenvalue weighted by molar-refractivity contribution is 5.93. The fourth-order valence-electron chi connectivity index (χ4n) is 3.59. The molecular formula is C17H20O3. The number of esters is 1. The number of ether oxygens (including phenoxy) is 1. The smallest absolute Gasteiger partial charge is 0.308 e. The quantitative estimate of drug-likeness (QED) is 0.570. The van der Waals surface area contributed by atoms with Gasteiger partial charge in [0.15, 0.2) is 11.3 Å². The first-order chi connectivity index (χ1) is 9.50. The molecule has 20 heavy (non-hydrogen) atoms. The molecule has 3 heteroatoms. The molecule has 106 valence electrons. The van der Waals surface area contributed by atoms with Crippen LogP contribution in [0.3, 0.4) is 0 Å². The second-order valence-electron chi connectivity index (χ2n) is 5.86. The lowest BCUT2D eigenvalue weighted by atomic mass is 9.79. The van der Waals surface area contributed by atoms with E-state index in [2.05, 4.69) is 13.8 Å². The highest BCUT2D eigenvalue weighted by Gasteiger charge is 2.28. The van der Waals surface area contributed by atoms with E-state index in [4.69, 9.17) is 9.15 Å². The van der Waals surface area contributed by atoms with Gasteiger partial charge in [0, 0.05) is 17.9 Å². The van der Waals surface area contributed by atoms with Gasteiger partial charge >= 0.3 is 5.97 Å². The van der Waals surface area contributed by atoms with E-state index in [1.54, 1.807) is 6.26 Å². The number of hydrogen-bond donors (Lipinski definition) is 0. The minimum absolute atomic E-state index is 0.287. The van der Waals surface area contributed by atoms with Gasteiger partial charge in [-0.05, 0) is 55.7 Å². The number of aryl methyl sites for hydroxylation is 2. The maximum Gasteiger partial charge on any atom is 0.308 e. The third-order valence-corrected chi connectivity index (χ3v) is 4.36. The monoisotopic (exact) mass is 272 g/mol. The van der Waals surface area contributed by atoms with Gasteiger partial charge in [-0.1, -0.05) is 6.92 Å².